The highest BCUT2D eigenvalue weighted by Gasteiger charge is 1.90. The maximum absolute atomic E-state index is 5.07. The van der Waals surface area contributed by atoms with Crippen LogP contribution in [0.1, 0.15) is 0 Å². The summed E-state index contributed by atoms with van der Waals surface area (Å²) in [5.41, 5.74) is 0.926. The zero-order valence-electron chi connectivity index (χ0n) is 5.87. The molecule has 0 unspecified atom stereocenters. The first-order chi connectivity index (χ1) is 5.33. The molecule has 54 valence electrons. The number of thiocarbonyl (C=S) groups is 1. The molecule has 0 aliphatic carbocycles. The minimum absolute atomic E-state index is 0.413. The van der Waals surface area contributed by atoms with Crippen molar-refractivity contribution in [2.45, 2.75) is 0 Å². The Hall–Kier alpha value is -1.03. The van der Waals surface area contributed by atoms with Gasteiger partial charge in [-0.15, -0.1) is 0 Å². The van der Waals surface area contributed by atoms with Gasteiger partial charge in [-0.2, -0.15) is 0 Å². The molecule has 1 aromatic carbocycles. The van der Waals surface area contributed by atoms with Gasteiger partial charge in [0, 0.05) is 5.69 Å². The Bertz CT molecular complexity index is 237. The second kappa shape index (κ2) is 3.98. The van der Waals surface area contributed by atoms with Gasteiger partial charge in [0.2, 0.25) is 7.98 Å². The van der Waals surface area contributed by atoms with Crippen LogP contribution in [-0.2, 0) is 0 Å². The van der Waals surface area contributed by atoms with Gasteiger partial charge >= 0.3 is 0 Å². The third-order valence-electron chi connectivity index (χ3n) is 1.16. The molecule has 0 bridgehead atoms. The minimum Gasteiger partial charge on any atom is -0.415 e. The molecule has 0 amide bonds. The van der Waals surface area contributed by atoms with Gasteiger partial charge in [-0.25, -0.2) is 0 Å². The van der Waals surface area contributed by atoms with E-state index in [1.54, 1.807) is 0 Å². The summed E-state index contributed by atoms with van der Waals surface area (Å²) < 4.78 is 0. The molecule has 1 aromatic rings. The largest absolute Gasteiger partial charge is 0.415 e. The first-order valence-electron chi connectivity index (χ1n) is 3.15. The number of anilines is 1. The van der Waals surface area contributed by atoms with Crippen LogP contribution in [0.4, 0.5) is 5.69 Å². The lowest BCUT2D eigenvalue weighted by molar-refractivity contribution is 1.50. The maximum Gasteiger partial charge on any atom is 0.225 e. The van der Waals surface area contributed by atoms with E-state index in [2.05, 4.69) is 10.5 Å². The average molecular weight is 162 g/mol. The summed E-state index contributed by atoms with van der Waals surface area (Å²) in [6.45, 7) is 0. The molecule has 0 aromatic heterocycles. The molecule has 2 nitrogen and oxygen atoms in total. The number of para-hydroxylation sites is 1. The number of hydrogen-bond donors (Lipinski definition) is 2. The predicted octanol–water partition coefficient (Wildman–Crippen LogP) is 1.06. The van der Waals surface area contributed by atoms with Gasteiger partial charge in [0.05, 0.1) is 0 Å². The summed E-state index contributed by atoms with van der Waals surface area (Å²) in [6, 6.07) is 9.58. The summed E-state index contributed by atoms with van der Waals surface area (Å²) in [5, 5.41) is 5.63. The summed E-state index contributed by atoms with van der Waals surface area (Å²) in [6.07, 6.45) is 0. The lowest BCUT2D eigenvalue weighted by Crippen LogP contribution is -2.25. The molecule has 0 saturated heterocycles. The standard InChI is InChI=1S/C7H7BN2S/c8-10-7(11)9-6-4-2-1-3-5-6/h1-5H,(H2,9,10,11). The van der Waals surface area contributed by atoms with Crippen LogP contribution in [0.2, 0.25) is 0 Å². The smallest absolute Gasteiger partial charge is 0.225 e. The summed E-state index contributed by atoms with van der Waals surface area (Å²) in [7, 11) is 5.07. The Kier molecular flexibility index (Phi) is 2.92. The van der Waals surface area contributed by atoms with Gasteiger partial charge in [-0.1, -0.05) is 18.2 Å². The van der Waals surface area contributed by atoms with E-state index < -0.39 is 0 Å². The molecular formula is C7H7BN2S. The fourth-order valence-electron chi connectivity index (χ4n) is 0.689. The predicted molar refractivity (Wildman–Crippen MR) is 51.6 cm³/mol. The normalized spacial score (nSPS) is 8.73. The molecule has 4 heteroatoms. The topological polar surface area (TPSA) is 24.1 Å². The van der Waals surface area contributed by atoms with Crippen molar-refractivity contribution >= 4 is 31.0 Å². The summed E-state index contributed by atoms with van der Waals surface area (Å²) in [4.78, 5) is 0. The van der Waals surface area contributed by atoms with Crippen molar-refractivity contribution in [3.8, 4) is 0 Å². The third kappa shape index (κ3) is 2.59. The Morgan fingerprint density at radius 2 is 1.91 bits per heavy atom. The van der Waals surface area contributed by atoms with Crippen molar-refractivity contribution in [3.05, 3.63) is 30.3 Å². The van der Waals surface area contributed by atoms with E-state index >= 15 is 0 Å². The molecule has 0 atom stereocenters. The number of benzene rings is 1. The van der Waals surface area contributed by atoms with E-state index in [4.69, 9.17) is 20.2 Å². The van der Waals surface area contributed by atoms with Gasteiger partial charge in [-0.05, 0) is 24.4 Å². The Morgan fingerprint density at radius 1 is 1.27 bits per heavy atom. The fourth-order valence-corrected chi connectivity index (χ4v) is 0.807. The highest BCUT2D eigenvalue weighted by Crippen LogP contribution is 2.03. The highest BCUT2D eigenvalue weighted by atomic mass is 32.1. The Balaban J connectivity index is 2.58. The molecule has 0 aliphatic heterocycles. The van der Waals surface area contributed by atoms with Gasteiger partial charge in [0.25, 0.3) is 0 Å². The maximum atomic E-state index is 5.07. The van der Waals surface area contributed by atoms with Crippen molar-refractivity contribution in [2.75, 3.05) is 5.32 Å². The zero-order chi connectivity index (χ0) is 8.10. The molecular weight excluding hydrogens is 155 g/mol. The zero-order valence-corrected chi connectivity index (χ0v) is 6.69. The number of rotatable bonds is 1. The van der Waals surface area contributed by atoms with Crippen molar-refractivity contribution in [1.29, 1.82) is 0 Å². The molecule has 1 rings (SSSR count). The van der Waals surface area contributed by atoms with Crippen LogP contribution < -0.4 is 10.5 Å². The van der Waals surface area contributed by atoms with Crippen LogP contribution >= 0.6 is 12.2 Å². The lowest BCUT2D eigenvalue weighted by atomic mass is 10.3. The van der Waals surface area contributed by atoms with E-state index in [0.717, 1.165) is 5.69 Å². The van der Waals surface area contributed by atoms with Crippen molar-refractivity contribution in [3.63, 3.8) is 0 Å². The lowest BCUT2D eigenvalue weighted by Gasteiger charge is -2.05. The van der Waals surface area contributed by atoms with Gasteiger partial charge < -0.3 is 10.5 Å². The molecule has 2 N–H and O–H groups in total. The number of hydrogen-bond acceptors (Lipinski definition) is 1. The van der Waals surface area contributed by atoms with E-state index in [-0.39, 0.29) is 0 Å². The fraction of sp³-hybridized carbons (Fsp3) is 0. The third-order valence-corrected chi connectivity index (χ3v) is 1.38. The van der Waals surface area contributed by atoms with Crippen molar-refractivity contribution in [2.24, 2.45) is 0 Å². The molecule has 0 saturated carbocycles. The van der Waals surface area contributed by atoms with E-state index in [0.29, 0.717) is 5.11 Å². The monoisotopic (exact) mass is 162 g/mol. The highest BCUT2D eigenvalue weighted by molar-refractivity contribution is 7.80. The summed E-state index contributed by atoms with van der Waals surface area (Å²) >= 11 is 4.79. The van der Waals surface area contributed by atoms with Gasteiger partial charge in [0.1, 0.15) is 0 Å². The molecule has 0 heterocycles. The molecule has 0 spiro atoms. The molecule has 0 aliphatic rings. The van der Waals surface area contributed by atoms with Gasteiger partial charge in [0.15, 0.2) is 5.11 Å². The molecule has 2 radical (unpaired) electrons. The van der Waals surface area contributed by atoms with Crippen LogP contribution in [0.15, 0.2) is 30.3 Å². The first kappa shape index (κ1) is 8.08. The van der Waals surface area contributed by atoms with Crippen LogP contribution in [0.5, 0.6) is 0 Å². The summed E-state index contributed by atoms with van der Waals surface area (Å²) in [5.74, 6) is 0. The van der Waals surface area contributed by atoms with E-state index in [1.807, 2.05) is 30.3 Å². The van der Waals surface area contributed by atoms with Crippen molar-refractivity contribution < 1.29 is 0 Å². The van der Waals surface area contributed by atoms with E-state index in [1.165, 1.54) is 0 Å². The van der Waals surface area contributed by atoms with E-state index in [9.17, 15) is 0 Å². The molecule has 11 heavy (non-hydrogen) atoms. The second-order valence-electron chi connectivity index (χ2n) is 1.96. The van der Waals surface area contributed by atoms with Crippen molar-refractivity contribution in [1.82, 2.24) is 5.23 Å². The first-order valence-corrected chi connectivity index (χ1v) is 3.56. The molecule has 0 fully saturated rings. The Labute approximate surface area is 72.4 Å². The van der Waals surface area contributed by atoms with Crippen LogP contribution in [0.3, 0.4) is 0 Å². The van der Waals surface area contributed by atoms with Crippen LogP contribution in [-0.4, -0.2) is 13.1 Å². The van der Waals surface area contributed by atoms with Gasteiger partial charge in [-0.3, -0.25) is 0 Å². The SMILES string of the molecule is [B]NC(=S)Nc1ccccc1. The quantitative estimate of drug-likeness (QED) is 0.476. The van der Waals surface area contributed by atoms with Crippen LogP contribution in [0, 0.1) is 0 Å². The minimum atomic E-state index is 0.413. The second-order valence-corrected chi connectivity index (χ2v) is 2.37. The Morgan fingerprint density at radius 3 is 2.45 bits per heavy atom. The average Bonchev–Trinajstić information content (AvgIpc) is 2.06. The number of nitrogens with one attached hydrogen (secondary N) is 2. The van der Waals surface area contributed by atoms with Crippen LogP contribution in [0.25, 0.3) is 0 Å².